The summed E-state index contributed by atoms with van der Waals surface area (Å²) in [5, 5.41) is 11.5. The molecule has 1 saturated carbocycles. The Bertz CT molecular complexity index is 981. The van der Waals surface area contributed by atoms with Crippen LogP contribution in [0.3, 0.4) is 0 Å². The van der Waals surface area contributed by atoms with Gasteiger partial charge >= 0.3 is 0 Å². The first-order valence-electron chi connectivity index (χ1n) is 12.7. The van der Waals surface area contributed by atoms with Crippen LogP contribution in [0.4, 0.5) is 5.69 Å². The van der Waals surface area contributed by atoms with Crippen molar-refractivity contribution in [3.63, 3.8) is 0 Å². The Kier molecular flexibility index (Phi) is 7.62. The third-order valence-corrected chi connectivity index (χ3v) is 7.75. The van der Waals surface area contributed by atoms with Gasteiger partial charge in [0.1, 0.15) is 5.75 Å². The lowest BCUT2D eigenvalue weighted by Gasteiger charge is -2.52. The number of anilines is 1. The first-order valence-corrected chi connectivity index (χ1v) is 12.7. The van der Waals surface area contributed by atoms with Gasteiger partial charge < -0.3 is 19.6 Å². The number of fused-ring (bicyclic) bond motifs is 1. The SMILES string of the molecule is CCN(CC)c1ccc([C@H]2C3CCCCC3(O)CCN2C(=O)/C=C/c2ccc(OC)cc2)cc1. The molecule has 0 aromatic heterocycles. The van der Waals surface area contributed by atoms with Gasteiger partial charge in [-0.2, -0.15) is 0 Å². The number of nitrogens with zero attached hydrogens (tertiary/aromatic N) is 2. The van der Waals surface area contributed by atoms with Crippen LogP contribution in [0.5, 0.6) is 5.75 Å². The summed E-state index contributed by atoms with van der Waals surface area (Å²) in [7, 11) is 1.64. The number of carbonyl (C=O) groups is 1. The lowest BCUT2D eigenvalue weighted by atomic mass is 9.66. The van der Waals surface area contributed by atoms with E-state index < -0.39 is 5.60 Å². The molecule has 2 fully saturated rings. The number of hydrogen-bond donors (Lipinski definition) is 1. The number of piperidine rings is 1. The molecule has 5 nitrogen and oxygen atoms in total. The fourth-order valence-electron chi connectivity index (χ4n) is 5.79. The van der Waals surface area contributed by atoms with Gasteiger partial charge in [-0.05, 0) is 74.6 Å². The summed E-state index contributed by atoms with van der Waals surface area (Å²) < 4.78 is 5.22. The van der Waals surface area contributed by atoms with Gasteiger partial charge in [0.05, 0.1) is 18.8 Å². The van der Waals surface area contributed by atoms with E-state index in [1.165, 1.54) is 5.69 Å². The van der Waals surface area contributed by atoms with Crippen LogP contribution in [-0.4, -0.2) is 48.3 Å². The number of ether oxygens (including phenoxy) is 1. The first kappa shape index (κ1) is 24.3. The average Bonchev–Trinajstić information content (AvgIpc) is 2.88. The van der Waals surface area contributed by atoms with E-state index in [2.05, 4.69) is 43.0 Å². The minimum Gasteiger partial charge on any atom is -0.497 e. The molecule has 2 unspecified atom stereocenters. The van der Waals surface area contributed by atoms with Gasteiger partial charge in [0.2, 0.25) is 5.91 Å². The van der Waals surface area contributed by atoms with Gasteiger partial charge in [0, 0.05) is 37.3 Å². The van der Waals surface area contributed by atoms with Crippen molar-refractivity contribution in [3.8, 4) is 5.75 Å². The summed E-state index contributed by atoms with van der Waals surface area (Å²) in [4.78, 5) is 17.8. The predicted octanol–water partition coefficient (Wildman–Crippen LogP) is 5.45. The number of rotatable bonds is 7. The summed E-state index contributed by atoms with van der Waals surface area (Å²) in [6.45, 7) is 6.82. The topological polar surface area (TPSA) is 53.0 Å². The smallest absolute Gasteiger partial charge is 0.247 e. The third kappa shape index (κ3) is 5.00. The molecule has 0 radical (unpaired) electrons. The lowest BCUT2D eigenvalue weighted by molar-refractivity contribution is -0.150. The number of amides is 1. The zero-order valence-corrected chi connectivity index (χ0v) is 20.7. The van der Waals surface area contributed by atoms with E-state index in [-0.39, 0.29) is 17.9 Å². The number of aliphatic hydroxyl groups is 1. The summed E-state index contributed by atoms with van der Waals surface area (Å²) >= 11 is 0. The van der Waals surface area contributed by atoms with E-state index in [4.69, 9.17) is 4.74 Å². The second-order valence-corrected chi connectivity index (χ2v) is 9.55. The Balaban J connectivity index is 1.62. The van der Waals surface area contributed by atoms with E-state index in [1.807, 2.05) is 35.2 Å². The highest BCUT2D eigenvalue weighted by atomic mass is 16.5. The number of hydrogen-bond acceptors (Lipinski definition) is 4. The highest BCUT2D eigenvalue weighted by Crippen LogP contribution is 2.49. The lowest BCUT2D eigenvalue weighted by Crippen LogP contribution is -2.56. The van der Waals surface area contributed by atoms with Crippen LogP contribution in [0.2, 0.25) is 0 Å². The monoisotopic (exact) mass is 462 g/mol. The molecule has 2 aliphatic rings. The van der Waals surface area contributed by atoms with Crippen molar-refractivity contribution in [1.82, 2.24) is 4.90 Å². The molecule has 1 saturated heterocycles. The molecule has 1 amide bonds. The van der Waals surface area contributed by atoms with Crippen LogP contribution in [-0.2, 0) is 4.79 Å². The van der Waals surface area contributed by atoms with Crippen molar-refractivity contribution in [2.75, 3.05) is 31.6 Å². The first-order chi connectivity index (χ1) is 16.5. The van der Waals surface area contributed by atoms with Crippen molar-refractivity contribution in [1.29, 1.82) is 0 Å². The fourth-order valence-corrected chi connectivity index (χ4v) is 5.79. The molecule has 0 bridgehead atoms. The molecule has 1 N–H and O–H groups in total. The van der Waals surface area contributed by atoms with Crippen molar-refractivity contribution >= 4 is 17.7 Å². The summed E-state index contributed by atoms with van der Waals surface area (Å²) in [6, 6.07) is 16.2. The molecule has 0 spiro atoms. The molecular weight excluding hydrogens is 424 g/mol. The molecule has 5 heteroatoms. The maximum Gasteiger partial charge on any atom is 0.247 e. The molecular formula is C29H38N2O3. The zero-order chi connectivity index (χ0) is 24.1. The van der Waals surface area contributed by atoms with Gasteiger partial charge in [-0.15, -0.1) is 0 Å². The Morgan fingerprint density at radius 2 is 1.79 bits per heavy atom. The van der Waals surface area contributed by atoms with Gasteiger partial charge in [-0.3, -0.25) is 4.79 Å². The van der Waals surface area contributed by atoms with Crippen LogP contribution in [0.25, 0.3) is 6.08 Å². The standard InChI is InChI=1S/C29H38N2O3/c1-4-30(5-2)24-14-12-23(13-15-24)28-26-8-6-7-19-29(26,33)20-21-31(28)27(32)18-11-22-9-16-25(34-3)17-10-22/h9-18,26,28,33H,4-8,19-21H2,1-3H3/b18-11+/t26?,28-,29?/m0/s1. The van der Waals surface area contributed by atoms with Crippen LogP contribution in [0.1, 0.15) is 63.1 Å². The van der Waals surface area contributed by atoms with Crippen molar-refractivity contribution in [2.24, 2.45) is 5.92 Å². The van der Waals surface area contributed by atoms with Crippen LogP contribution in [0, 0.1) is 5.92 Å². The molecule has 34 heavy (non-hydrogen) atoms. The largest absolute Gasteiger partial charge is 0.497 e. The van der Waals surface area contributed by atoms with Gasteiger partial charge in [0.15, 0.2) is 0 Å². The maximum atomic E-state index is 13.4. The summed E-state index contributed by atoms with van der Waals surface area (Å²) in [5.41, 5.74) is 2.59. The predicted molar refractivity (Wildman–Crippen MR) is 138 cm³/mol. The molecule has 4 rings (SSSR count). The van der Waals surface area contributed by atoms with E-state index in [0.29, 0.717) is 13.0 Å². The van der Waals surface area contributed by atoms with Crippen LogP contribution >= 0.6 is 0 Å². The van der Waals surface area contributed by atoms with E-state index in [1.54, 1.807) is 13.2 Å². The zero-order valence-electron chi connectivity index (χ0n) is 20.7. The molecule has 182 valence electrons. The molecule has 2 aromatic rings. The number of methoxy groups -OCH3 is 1. The average molecular weight is 463 g/mol. The molecule has 1 aliphatic carbocycles. The molecule has 3 atom stereocenters. The summed E-state index contributed by atoms with van der Waals surface area (Å²) in [5.74, 6) is 0.859. The Labute approximate surface area is 204 Å². The van der Waals surface area contributed by atoms with Crippen molar-refractivity contribution in [3.05, 3.63) is 65.7 Å². The second-order valence-electron chi connectivity index (χ2n) is 9.55. The van der Waals surface area contributed by atoms with Crippen molar-refractivity contribution < 1.29 is 14.6 Å². The van der Waals surface area contributed by atoms with Gasteiger partial charge in [-0.25, -0.2) is 0 Å². The highest BCUT2D eigenvalue weighted by Gasteiger charge is 2.49. The van der Waals surface area contributed by atoms with Crippen LogP contribution < -0.4 is 9.64 Å². The molecule has 2 aromatic carbocycles. The number of carbonyl (C=O) groups excluding carboxylic acids is 1. The third-order valence-electron chi connectivity index (χ3n) is 7.75. The number of likely N-dealkylation sites (tertiary alicyclic amines) is 1. The normalized spacial score (nSPS) is 24.6. The molecule has 1 heterocycles. The minimum absolute atomic E-state index is 0.00117. The maximum absolute atomic E-state index is 13.4. The van der Waals surface area contributed by atoms with E-state index in [0.717, 1.165) is 55.6 Å². The van der Waals surface area contributed by atoms with E-state index >= 15 is 0 Å². The summed E-state index contributed by atoms with van der Waals surface area (Å²) in [6.07, 6.45) is 8.13. The fraction of sp³-hybridized carbons (Fsp3) is 0.483. The van der Waals surface area contributed by atoms with Crippen molar-refractivity contribution in [2.45, 2.75) is 57.6 Å². The van der Waals surface area contributed by atoms with Gasteiger partial charge in [-0.1, -0.05) is 37.1 Å². The quantitative estimate of drug-likeness (QED) is 0.556. The molecule has 1 aliphatic heterocycles. The highest BCUT2D eigenvalue weighted by molar-refractivity contribution is 5.92. The number of benzene rings is 2. The van der Waals surface area contributed by atoms with Crippen LogP contribution in [0.15, 0.2) is 54.6 Å². The Hall–Kier alpha value is -2.79. The van der Waals surface area contributed by atoms with Gasteiger partial charge in [0.25, 0.3) is 0 Å². The Morgan fingerprint density at radius 1 is 1.09 bits per heavy atom. The van der Waals surface area contributed by atoms with E-state index in [9.17, 15) is 9.90 Å². The Morgan fingerprint density at radius 3 is 2.44 bits per heavy atom. The minimum atomic E-state index is -0.684. The second kappa shape index (κ2) is 10.6.